The zero-order chi connectivity index (χ0) is 13.8. The smallest absolute Gasteiger partial charge is 0.253 e. The molecule has 1 aromatic carbocycles. The quantitative estimate of drug-likeness (QED) is 0.789. The Morgan fingerprint density at radius 3 is 2.89 bits per heavy atom. The van der Waals surface area contributed by atoms with E-state index in [0.29, 0.717) is 29.5 Å². The Labute approximate surface area is 117 Å². The van der Waals surface area contributed by atoms with Gasteiger partial charge in [-0.2, -0.15) is 0 Å². The van der Waals surface area contributed by atoms with E-state index < -0.39 is 6.10 Å². The lowest BCUT2D eigenvalue weighted by molar-refractivity contribution is -0.161. The molecule has 3 N–H and O–H groups in total. The molecule has 0 aromatic heterocycles. The van der Waals surface area contributed by atoms with Gasteiger partial charge in [-0.05, 0) is 19.1 Å². The van der Waals surface area contributed by atoms with Crippen LogP contribution in [0.5, 0.6) is 0 Å². The topological polar surface area (TPSA) is 73.6 Å². The molecule has 1 amide bonds. The molecular weight excluding hydrogens is 264 g/mol. The zero-order valence-electron chi connectivity index (χ0n) is 10.6. The highest BCUT2D eigenvalue weighted by atomic mass is 32.1. The van der Waals surface area contributed by atoms with Gasteiger partial charge in [0.25, 0.3) is 5.91 Å². The van der Waals surface area contributed by atoms with Crippen molar-refractivity contribution in [2.24, 2.45) is 5.73 Å². The van der Waals surface area contributed by atoms with Crippen LogP contribution in [0.1, 0.15) is 12.5 Å². The number of carbonyl (C=O) groups is 1. The number of hydrogen-bond donors (Lipinski definition) is 2. The van der Waals surface area contributed by atoms with Crippen LogP contribution in [0.25, 0.3) is 0 Å². The maximum atomic E-state index is 11.9. The molecule has 1 unspecified atom stereocenters. The van der Waals surface area contributed by atoms with Gasteiger partial charge in [0.1, 0.15) is 17.2 Å². The average Bonchev–Trinajstić information content (AvgIpc) is 2.33. The number of anilines is 1. The maximum absolute atomic E-state index is 11.9. The molecule has 1 aliphatic heterocycles. The molecule has 1 aromatic rings. The normalized spacial score (nSPS) is 16.5. The first-order valence-corrected chi connectivity index (χ1v) is 6.41. The molecule has 102 valence electrons. The van der Waals surface area contributed by atoms with E-state index in [4.69, 9.17) is 27.4 Å². The van der Waals surface area contributed by atoms with Crippen LogP contribution in [0.4, 0.5) is 5.69 Å². The summed E-state index contributed by atoms with van der Waals surface area (Å²) in [7, 11) is 0. The number of ether oxygens (including phenoxy) is 2. The summed E-state index contributed by atoms with van der Waals surface area (Å²) in [6.45, 7) is 2.81. The molecule has 1 heterocycles. The zero-order valence-corrected chi connectivity index (χ0v) is 11.4. The van der Waals surface area contributed by atoms with E-state index in [1.807, 2.05) is 0 Å². The first kappa shape index (κ1) is 13.9. The minimum absolute atomic E-state index is 0.0173. The molecule has 1 aliphatic rings. The molecule has 1 saturated heterocycles. The van der Waals surface area contributed by atoms with Gasteiger partial charge >= 0.3 is 0 Å². The lowest BCUT2D eigenvalue weighted by Crippen LogP contribution is -2.41. The predicted molar refractivity (Wildman–Crippen MR) is 76.1 cm³/mol. The number of hydrogen-bond acceptors (Lipinski definition) is 4. The fourth-order valence-corrected chi connectivity index (χ4v) is 1.76. The first-order chi connectivity index (χ1) is 9.06. The van der Waals surface area contributed by atoms with Gasteiger partial charge in [0.15, 0.2) is 0 Å². The largest absolute Gasteiger partial charge is 0.389 e. The second kappa shape index (κ2) is 6.10. The van der Waals surface area contributed by atoms with E-state index in [1.54, 1.807) is 31.2 Å². The molecule has 6 heteroatoms. The van der Waals surface area contributed by atoms with E-state index >= 15 is 0 Å². The lowest BCUT2D eigenvalue weighted by Gasteiger charge is -2.28. The summed E-state index contributed by atoms with van der Waals surface area (Å²) in [6.07, 6.45) is -0.508. The molecule has 0 bridgehead atoms. The number of rotatable bonds is 5. The van der Waals surface area contributed by atoms with Crippen LogP contribution in [0.2, 0.25) is 0 Å². The van der Waals surface area contributed by atoms with Gasteiger partial charge < -0.3 is 20.5 Å². The number of carbonyl (C=O) groups excluding carboxylic acids is 1. The average molecular weight is 280 g/mol. The number of thiocarbonyl (C=S) groups is 1. The molecule has 1 atom stereocenters. The Balaban J connectivity index is 1.93. The van der Waals surface area contributed by atoms with E-state index in [9.17, 15) is 4.79 Å². The van der Waals surface area contributed by atoms with Crippen LogP contribution < -0.4 is 11.1 Å². The summed E-state index contributed by atoms with van der Waals surface area (Å²) in [5, 5.41) is 2.77. The molecule has 19 heavy (non-hydrogen) atoms. The van der Waals surface area contributed by atoms with Crippen molar-refractivity contribution in [1.82, 2.24) is 0 Å². The Kier molecular flexibility index (Phi) is 4.47. The summed E-state index contributed by atoms with van der Waals surface area (Å²) >= 11 is 4.89. The van der Waals surface area contributed by atoms with E-state index in [0.717, 1.165) is 0 Å². The van der Waals surface area contributed by atoms with Crippen LogP contribution in [0.3, 0.4) is 0 Å². The third-order valence-corrected chi connectivity index (χ3v) is 3.02. The molecule has 2 rings (SSSR count). The minimum Gasteiger partial charge on any atom is -0.389 e. The maximum Gasteiger partial charge on any atom is 0.253 e. The number of benzene rings is 1. The van der Waals surface area contributed by atoms with Gasteiger partial charge in [-0.15, -0.1) is 0 Å². The Morgan fingerprint density at radius 1 is 1.58 bits per heavy atom. The molecule has 0 radical (unpaired) electrons. The monoisotopic (exact) mass is 280 g/mol. The van der Waals surface area contributed by atoms with E-state index in [2.05, 4.69) is 5.32 Å². The van der Waals surface area contributed by atoms with Gasteiger partial charge in [0.05, 0.1) is 13.2 Å². The SMILES string of the molecule is CC(OC1COC1)C(=O)Nc1cccc(C(N)=S)c1. The van der Waals surface area contributed by atoms with Crippen molar-refractivity contribution in [3.05, 3.63) is 29.8 Å². The second-order valence-corrected chi connectivity index (χ2v) is 4.81. The predicted octanol–water partition coefficient (Wildman–Crippen LogP) is 1.06. The van der Waals surface area contributed by atoms with Crippen molar-refractivity contribution in [1.29, 1.82) is 0 Å². The lowest BCUT2D eigenvalue weighted by atomic mass is 10.2. The van der Waals surface area contributed by atoms with Gasteiger partial charge in [0, 0.05) is 11.3 Å². The van der Waals surface area contributed by atoms with Crippen molar-refractivity contribution >= 4 is 28.8 Å². The molecule has 0 aliphatic carbocycles. The highest BCUT2D eigenvalue weighted by molar-refractivity contribution is 7.80. The number of nitrogens with two attached hydrogens (primary N) is 1. The van der Waals surface area contributed by atoms with Gasteiger partial charge in [-0.25, -0.2) is 0 Å². The van der Waals surface area contributed by atoms with Crippen molar-refractivity contribution in [2.45, 2.75) is 19.1 Å². The van der Waals surface area contributed by atoms with Crippen molar-refractivity contribution in [3.8, 4) is 0 Å². The van der Waals surface area contributed by atoms with Crippen LogP contribution in [-0.2, 0) is 14.3 Å². The third-order valence-electron chi connectivity index (χ3n) is 2.79. The van der Waals surface area contributed by atoms with Crippen LogP contribution in [0.15, 0.2) is 24.3 Å². The molecule has 5 nitrogen and oxygen atoms in total. The highest BCUT2D eigenvalue weighted by Crippen LogP contribution is 2.13. The van der Waals surface area contributed by atoms with Crippen LogP contribution in [0, 0.1) is 0 Å². The summed E-state index contributed by atoms with van der Waals surface area (Å²) in [4.78, 5) is 12.2. The van der Waals surface area contributed by atoms with Gasteiger partial charge in [-0.3, -0.25) is 4.79 Å². The third kappa shape index (κ3) is 3.73. The molecular formula is C13H16N2O3S. The second-order valence-electron chi connectivity index (χ2n) is 4.37. The van der Waals surface area contributed by atoms with Crippen LogP contribution >= 0.6 is 12.2 Å². The van der Waals surface area contributed by atoms with Gasteiger partial charge in [0.2, 0.25) is 0 Å². The summed E-state index contributed by atoms with van der Waals surface area (Å²) < 4.78 is 10.5. The van der Waals surface area contributed by atoms with E-state index in [1.165, 1.54) is 0 Å². The summed E-state index contributed by atoms with van der Waals surface area (Å²) in [5.74, 6) is -0.202. The molecule has 0 saturated carbocycles. The van der Waals surface area contributed by atoms with Crippen molar-refractivity contribution in [3.63, 3.8) is 0 Å². The van der Waals surface area contributed by atoms with Crippen molar-refractivity contribution < 1.29 is 14.3 Å². The van der Waals surface area contributed by atoms with Crippen LogP contribution in [-0.4, -0.2) is 36.3 Å². The Bertz CT molecular complexity index is 489. The highest BCUT2D eigenvalue weighted by Gasteiger charge is 2.24. The molecule has 1 fully saturated rings. The van der Waals surface area contributed by atoms with Gasteiger partial charge in [-0.1, -0.05) is 24.4 Å². The fourth-order valence-electron chi connectivity index (χ4n) is 1.64. The molecule has 0 spiro atoms. The number of nitrogens with one attached hydrogen (secondary N) is 1. The Hall–Kier alpha value is -1.50. The summed E-state index contributed by atoms with van der Waals surface area (Å²) in [5.41, 5.74) is 6.91. The standard InChI is InChI=1S/C13H16N2O3S/c1-8(18-11-6-17-7-11)13(16)15-10-4-2-3-9(5-10)12(14)19/h2-5,8,11H,6-7H2,1H3,(H2,14,19)(H,15,16). The minimum atomic E-state index is -0.526. The fraction of sp³-hybridized carbons (Fsp3) is 0.385. The Morgan fingerprint density at radius 2 is 2.32 bits per heavy atom. The first-order valence-electron chi connectivity index (χ1n) is 6.00. The van der Waals surface area contributed by atoms with E-state index in [-0.39, 0.29) is 12.0 Å². The summed E-state index contributed by atoms with van der Waals surface area (Å²) in [6, 6.07) is 7.09. The number of amides is 1. The van der Waals surface area contributed by atoms with Crippen molar-refractivity contribution in [2.75, 3.05) is 18.5 Å².